The molecule has 2 heterocycles. The average molecular weight is 404 g/mol. The predicted molar refractivity (Wildman–Crippen MR) is 107 cm³/mol. The van der Waals surface area contributed by atoms with Crippen molar-refractivity contribution in [3.05, 3.63) is 71.9 Å². The number of rotatable bonds is 7. The highest BCUT2D eigenvalue weighted by Crippen LogP contribution is 2.43. The molecule has 0 saturated carbocycles. The highest BCUT2D eigenvalue weighted by molar-refractivity contribution is 5.73. The minimum atomic E-state index is -1.12. The molecule has 0 spiro atoms. The zero-order valence-electron chi connectivity index (χ0n) is 16.4. The summed E-state index contributed by atoms with van der Waals surface area (Å²) in [5.41, 5.74) is 5.74. The van der Waals surface area contributed by atoms with Gasteiger partial charge in [0.05, 0.1) is 32.5 Å². The molecule has 7 heteroatoms. The van der Waals surface area contributed by atoms with Gasteiger partial charge >= 0.3 is 0 Å². The topological polar surface area (TPSA) is 66.1 Å². The van der Waals surface area contributed by atoms with E-state index < -0.39 is 17.2 Å². The van der Waals surface area contributed by atoms with Crippen molar-refractivity contribution in [1.82, 2.24) is 0 Å². The number of allylic oxidation sites excluding steroid dienone is 3. The molecule has 1 saturated heterocycles. The third kappa shape index (κ3) is 4.92. The molecule has 156 valence electrons. The maximum Gasteiger partial charge on any atom is 0.282 e. The SMILES string of the molecule is C=C(/C(F)=C\C(F)=C/C)[C@]12CO[C@@H](COCc3ccccc3)C[C@H]1COC(N)=N2. The second kappa shape index (κ2) is 9.33. The van der Waals surface area contributed by atoms with E-state index in [4.69, 9.17) is 19.9 Å². The van der Waals surface area contributed by atoms with Gasteiger partial charge in [-0.3, -0.25) is 0 Å². The predicted octanol–water partition coefficient (Wildman–Crippen LogP) is 3.97. The molecule has 0 amide bonds. The van der Waals surface area contributed by atoms with Crippen LogP contribution in [0.15, 0.2) is 71.3 Å². The van der Waals surface area contributed by atoms with Crippen molar-refractivity contribution >= 4 is 6.02 Å². The minimum absolute atomic E-state index is 0.0365. The molecule has 3 atom stereocenters. The fourth-order valence-corrected chi connectivity index (χ4v) is 3.59. The molecule has 29 heavy (non-hydrogen) atoms. The summed E-state index contributed by atoms with van der Waals surface area (Å²) >= 11 is 0. The van der Waals surface area contributed by atoms with E-state index in [1.165, 1.54) is 13.0 Å². The van der Waals surface area contributed by atoms with Gasteiger partial charge in [0.2, 0.25) is 0 Å². The van der Waals surface area contributed by atoms with Crippen LogP contribution in [-0.2, 0) is 20.8 Å². The van der Waals surface area contributed by atoms with Crippen molar-refractivity contribution in [3.63, 3.8) is 0 Å². The molecule has 0 aromatic heterocycles. The normalized spacial score (nSPS) is 27.6. The Labute approximate surface area is 169 Å². The van der Waals surface area contributed by atoms with Gasteiger partial charge in [0.25, 0.3) is 6.02 Å². The number of benzene rings is 1. The molecule has 0 aliphatic carbocycles. The molecule has 5 nitrogen and oxygen atoms in total. The molecule has 1 fully saturated rings. The van der Waals surface area contributed by atoms with E-state index in [1.807, 2.05) is 30.3 Å². The smallest absolute Gasteiger partial charge is 0.282 e. The summed E-state index contributed by atoms with van der Waals surface area (Å²) in [5.74, 6) is -1.69. The zero-order chi connectivity index (χ0) is 20.9. The standard InChI is InChI=1S/C22H26F2N2O3/c1-3-18(23)10-20(24)15(2)22-14-29-19(9-17(22)12-28-21(25)26-22)13-27-11-16-7-5-4-6-8-16/h3-8,10,17,19H,2,9,11-14H2,1H3,(H2,25,26)/b18-3+,20-10+/t17-,19+,22+/m0/s1. The zero-order valence-corrected chi connectivity index (χ0v) is 16.4. The monoisotopic (exact) mass is 404 g/mol. The van der Waals surface area contributed by atoms with Crippen molar-refractivity contribution in [2.45, 2.75) is 31.6 Å². The Hall–Kier alpha value is -2.51. The summed E-state index contributed by atoms with van der Waals surface area (Å²) in [6.45, 7) is 6.51. The van der Waals surface area contributed by atoms with E-state index in [2.05, 4.69) is 11.6 Å². The van der Waals surface area contributed by atoms with Crippen molar-refractivity contribution in [3.8, 4) is 0 Å². The number of fused-ring (bicyclic) bond motifs is 1. The van der Waals surface area contributed by atoms with Gasteiger partial charge < -0.3 is 19.9 Å². The van der Waals surface area contributed by atoms with Crippen LogP contribution in [0.25, 0.3) is 0 Å². The molecule has 1 aromatic carbocycles. The molecule has 0 bridgehead atoms. The Morgan fingerprint density at radius 3 is 2.86 bits per heavy atom. The van der Waals surface area contributed by atoms with Crippen molar-refractivity contribution < 1.29 is 23.0 Å². The first-order chi connectivity index (χ1) is 13.9. The number of nitrogens with zero attached hydrogens (tertiary/aromatic N) is 1. The van der Waals surface area contributed by atoms with Crippen LogP contribution in [0.3, 0.4) is 0 Å². The van der Waals surface area contributed by atoms with Crippen LogP contribution < -0.4 is 5.73 Å². The third-order valence-corrected chi connectivity index (χ3v) is 5.27. The molecule has 0 unspecified atom stereocenters. The van der Waals surface area contributed by atoms with E-state index in [0.29, 0.717) is 19.6 Å². The Morgan fingerprint density at radius 2 is 2.14 bits per heavy atom. The lowest BCUT2D eigenvalue weighted by molar-refractivity contribution is -0.0979. The van der Waals surface area contributed by atoms with Gasteiger partial charge in [0.15, 0.2) is 0 Å². The van der Waals surface area contributed by atoms with Crippen LogP contribution in [0.5, 0.6) is 0 Å². The molecular weight excluding hydrogens is 378 g/mol. The Bertz CT molecular complexity index is 823. The summed E-state index contributed by atoms with van der Waals surface area (Å²) in [5, 5.41) is 0. The summed E-state index contributed by atoms with van der Waals surface area (Å²) in [4.78, 5) is 4.34. The van der Waals surface area contributed by atoms with Gasteiger partial charge in [0.1, 0.15) is 17.2 Å². The number of nitrogens with two attached hydrogens (primary N) is 1. The van der Waals surface area contributed by atoms with Gasteiger partial charge in [-0.25, -0.2) is 13.8 Å². The quantitative estimate of drug-likeness (QED) is 0.699. The molecule has 2 aliphatic heterocycles. The first-order valence-corrected chi connectivity index (χ1v) is 9.54. The van der Waals surface area contributed by atoms with Crippen LogP contribution in [0.2, 0.25) is 0 Å². The lowest BCUT2D eigenvalue weighted by atomic mass is 9.74. The van der Waals surface area contributed by atoms with Crippen molar-refractivity contribution in [1.29, 1.82) is 0 Å². The molecule has 2 N–H and O–H groups in total. The summed E-state index contributed by atoms with van der Waals surface area (Å²) < 4.78 is 45.3. The lowest BCUT2D eigenvalue weighted by Crippen LogP contribution is -2.55. The van der Waals surface area contributed by atoms with Gasteiger partial charge in [-0.15, -0.1) is 0 Å². The van der Waals surface area contributed by atoms with Crippen LogP contribution in [0.1, 0.15) is 18.9 Å². The second-order valence-corrected chi connectivity index (χ2v) is 7.20. The second-order valence-electron chi connectivity index (χ2n) is 7.20. The maximum atomic E-state index is 14.6. The molecule has 2 aliphatic rings. The number of amidine groups is 1. The third-order valence-electron chi connectivity index (χ3n) is 5.27. The Kier molecular flexibility index (Phi) is 6.82. The number of aliphatic imine (C=N–C) groups is 1. The van der Waals surface area contributed by atoms with E-state index in [0.717, 1.165) is 11.6 Å². The fraction of sp³-hybridized carbons (Fsp3) is 0.409. The molecular formula is C22H26F2N2O3. The molecule has 1 aromatic rings. The van der Waals surface area contributed by atoms with E-state index in [-0.39, 0.29) is 36.8 Å². The van der Waals surface area contributed by atoms with Crippen LogP contribution in [0, 0.1) is 5.92 Å². The van der Waals surface area contributed by atoms with Gasteiger partial charge in [-0.2, -0.15) is 0 Å². The maximum absolute atomic E-state index is 14.6. The lowest BCUT2D eigenvalue weighted by Gasteiger charge is -2.46. The summed E-state index contributed by atoms with van der Waals surface area (Å²) in [6, 6.07) is 9.78. The van der Waals surface area contributed by atoms with Crippen LogP contribution >= 0.6 is 0 Å². The van der Waals surface area contributed by atoms with Gasteiger partial charge in [-0.1, -0.05) is 43.0 Å². The summed E-state index contributed by atoms with van der Waals surface area (Å²) in [7, 11) is 0. The largest absolute Gasteiger partial charge is 0.465 e. The highest BCUT2D eigenvalue weighted by Gasteiger charge is 2.50. The Balaban J connectivity index is 1.69. The van der Waals surface area contributed by atoms with Crippen molar-refractivity contribution in [2.75, 3.05) is 19.8 Å². The van der Waals surface area contributed by atoms with Crippen LogP contribution in [-0.4, -0.2) is 37.5 Å². The highest BCUT2D eigenvalue weighted by atomic mass is 19.1. The van der Waals surface area contributed by atoms with Crippen LogP contribution in [0.4, 0.5) is 8.78 Å². The number of hydrogen-bond acceptors (Lipinski definition) is 5. The average Bonchev–Trinajstić information content (AvgIpc) is 2.73. The van der Waals surface area contributed by atoms with E-state index in [1.54, 1.807) is 0 Å². The first-order valence-electron chi connectivity index (χ1n) is 9.54. The molecule has 3 rings (SSSR count). The first kappa shape index (κ1) is 21.2. The summed E-state index contributed by atoms with van der Waals surface area (Å²) in [6.07, 6.45) is 2.30. The van der Waals surface area contributed by atoms with E-state index in [9.17, 15) is 8.78 Å². The molecule has 0 radical (unpaired) electrons. The number of ether oxygens (including phenoxy) is 3. The van der Waals surface area contributed by atoms with Gasteiger partial charge in [0, 0.05) is 17.6 Å². The van der Waals surface area contributed by atoms with Gasteiger partial charge in [-0.05, 0) is 18.9 Å². The Morgan fingerprint density at radius 1 is 1.38 bits per heavy atom. The number of halogens is 2. The minimum Gasteiger partial charge on any atom is -0.465 e. The fourth-order valence-electron chi connectivity index (χ4n) is 3.59. The van der Waals surface area contributed by atoms with Crippen molar-refractivity contribution in [2.24, 2.45) is 16.6 Å². The number of hydrogen-bond donors (Lipinski definition) is 1. The van der Waals surface area contributed by atoms with E-state index >= 15 is 0 Å².